The van der Waals surface area contributed by atoms with Gasteiger partial charge >= 0.3 is 0 Å². The second-order valence-electron chi connectivity index (χ2n) is 4.24. The van der Waals surface area contributed by atoms with E-state index in [-0.39, 0.29) is 0 Å². The monoisotopic (exact) mass is 192 g/mol. The number of hydrogen-bond donors (Lipinski definition) is 0. The molecule has 0 aromatic carbocycles. The largest absolute Gasteiger partial charge is 0.205 e. The molecular weight excluding hydrogens is 170 g/mol. The maximum absolute atomic E-state index is 2.31. The Morgan fingerprint density at radius 2 is 2.07 bits per heavy atom. The fourth-order valence-corrected chi connectivity index (χ4v) is 1.57. The van der Waals surface area contributed by atoms with Crippen molar-refractivity contribution in [2.45, 2.75) is 52.5 Å². The van der Waals surface area contributed by atoms with Crippen LogP contribution in [0.2, 0.25) is 0 Å². The van der Waals surface area contributed by atoms with Crippen LogP contribution in [-0.4, -0.2) is 0 Å². The Morgan fingerprint density at radius 3 is 2.71 bits per heavy atom. The molecule has 0 aliphatic rings. The summed E-state index contributed by atoms with van der Waals surface area (Å²) in [7, 11) is 0. The zero-order valence-electron chi connectivity index (χ0n) is 9.66. The Kier molecular flexibility index (Phi) is 4.64. The van der Waals surface area contributed by atoms with Gasteiger partial charge in [0.2, 0.25) is 0 Å². The van der Waals surface area contributed by atoms with Gasteiger partial charge in [-0.2, -0.15) is 0 Å². The van der Waals surface area contributed by atoms with Crippen LogP contribution in [-0.2, 0) is 6.54 Å². The first kappa shape index (κ1) is 11.2. The van der Waals surface area contributed by atoms with Crippen molar-refractivity contribution in [2.75, 3.05) is 0 Å². The molecule has 0 radical (unpaired) electrons. The predicted molar refractivity (Wildman–Crippen MR) is 60.3 cm³/mol. The highest BCUT2D eigenvalue weighted by Crippen LogP contribution is 2.10. The lowest BCUT2D eigenvalue weighted by atomic mass is 10.1. The van der Waals surface area contributed by atoms with Crippen LogP contribution < -0.4 is 4.57 Å². The summed E-state index contributed by atoms with van der Waals surface area (Å²) in [5.74, 6) is 0.633. The van der Waals surface area contributed by atoms with Gasteiger partial charge in [0.1, 0.15) is 6.54 Å². The number of rotatable bonds is 5. The lowest BCUT2D eigenvalue weighted by molar-refractivity contribution is -0.697. The maximum Gasteiger partial charge on any atom is 0.172 e. The van der Waals surface area contributed by atoms with Crippen molar-refractivity contribution in [3.05, 3.63) is 30.1 Å². The van der Waals surface area contributed by atoms with Crippen LogP contribution >= 0.6 is 0 Å². The molecule has 1 aromatic heterocycles. The Bertz CT molecular complexity index is 266. The minimum atomic E-state index is 0.633. The number of hydrogen-bond acceptors (Lipinski definition) is 0. The molecule has 0 N–H and O–H groups in total. The van der Waals surface area contributed by atoms with Gasteiger partial charge in [0.25, 0.3) is 0 Å². The van der Waals surface area contributed by atoms with E-state index in [1.54, 1.807) is 0 Å². The van der Waals surface area contributed by atoms with Crippen LogP contribution in [0.3, 0.4) is 0 Å². The summed E-state index contributed by atoms with van der Waals surface area (Å²) in [5, 5.41) is 0. The van der Waals surface area contributed by atoms with Crippen LogP contribution in [0.15, 0.2) is 24.5 Å². The van der Waals surface area contributed by atoms with E-state index in [2.05, 4.69) is 49.9 Å². The Hall–Kier alpha value is -0.850. The molecule has 0 atom stereocenters. The van der Waals surface area contributed by atoms with Crippen molar-refractivity contribution < 1.29 is 4.57 Å². The Morgan fingerprint density at radius 1 is 1.29 bits per heavy atom. The van der Waals surface area contributed by atoms with E-state index in [4.69, 9.17) is 0 Å². The van der Waals surface area contributed by atoms with Crippen LogP contribution in [0.5, 0.6) is 0 Å². The van der Waals surface area contributed by atoms with Crippen LogP contribution in [0.25, 0.3) is 0 Å². The minimum absolute atomic E-state index is 0.633. The minimum Gasteiger partial charge on any atom is -0.205 e. The molecule has 0 amide bonds. The Balaban J connectivity index is 2.55. The third-order valence-electron chi connectivity index (χ3n) is 2.57. The third-order valence-corrected chi connectivity index (χ3v) is 2.57. The van der Waals surface area contributed by atoms with E-state index in [1.807, 2.05) is 0 Å². The number of aryl methyl sites for hydroxylation is 1. The summed E-state index contributed by atoms with van der Waals surface area (Å²) in [6.07, 6.45) is 8.37. The van der Waals surface area contributed by atoms with Crippen molar-refractivity contribution in [1.29, 1.82) is 0 Å². The first-order valence-corrected chi connectivity index (χ1v) is 5.73. The lowest BCUT2D eigenvalue weighted by Gasteiger charge is -2.03. The molecule has 1 rings (SSSR count). The lowest BCUT2D eigenvalue weighted by Crippen LogP contribution is -2.33. The van der Waals surface area contributed by atoms with Crippen LogP contribution in [0.4, 0.5) is 0 Å². The smallest absolute Gasteiger partial charge is 0.172 e. The first-order chi connectivity index (χ1) is 6.74. The summed E-state index contributed by atoms with van der Waals surface area (Å²) in [5.41, 5.74) is 1.43. The molecule has 0 fully saturated rings. The van der Waals surface area contributed by atoms with Gasteiger partial charge in [0.15, 0.2) is 12.4 Å². The molecule has 0 aliphatic carbocycles. The second kappa shape index (κ2) is 5.79. The first-order valence-electron chi connectivity index (χ1n) is 5.73. The summed E-state index contributed by atoms with van der Waals surface area (Å²) in [6, 6.07) is 4.36. The normalized spacial score (nSPS) is 10.9. The predicted octanol–water partition coefficient (Wildman–Crippen LogP) is 3.29. The molecule has 1 heteroatoms. The quantitative estimate of drug-likeness (QED) is 0.498. The molecule has 14 heavy (non-hydrogen) atoms. The fraction of sp³-hybridized carbons (Fsp3) is 0.615. The van der Waals surface area contributed by atoms with Gasteiger partial charge in [0.05, 0.1) is 0 Å². The standard InChI is InChI=1S/C13H22N/c1-4-5-6-9-14-10-7-8-13(11-14)12(2)3/h7-8,10-12H,4-6,9H2,1-3H3/q+1. The van der Waals surface area contributed by atoms with Crippen molar-refractivity contribution in [2.24, 2.45) is 0 Å². The zero-order valence-corrected chi connectivity index (χ0v) is 9.66. The van der Waals surface area contributed by atoms with Gasteiger partial charge in [-0.15, -0.1) is 0 Å². The van der Waals surface area contributed by atoms with Crippen molar-refractivity contribution in [1.82, 2.24) is 0 Å². The summed E-state index contributed by atoms with van der Waals surface area (Å²) >= 11 is 0. The van der Waals surface area contributed by atoms with Gasteiger partial charge in [0, 0.05) is 18.1 Å². The van der Waals surface area contributed by atoms with E-state index in [0.29, 0.717) is 5.92 Å². The van der Waals surface area contributed by atoms with E-state index < -0.39 is 0 Å². The Labute approximate surface area is 87.8 Å². The molecule has 0 aliphatic heterocycles. The number of nitrogens with zero attached hydrogens (tertiary/aromatic N) is 1. The molecular formula is C13H22N+. The molecule has 0 bridgehead atoms. The van der Waals surface area contributed by atoms with Crippen LogP contribution in [0, 0.1) is 0 Å². The number of aromatic nitrogens is 1. The number of pyridine rings is 1. The van der Waals surface area contributed by atoms with Crippen molar-refractivity contribution in [3.8, 4) is 0 Å². The molecule has 1 aromatic rings. The third kappa shape index (κ3) is 3.49. The van der Waals surface area contributed by atoms with E-state index in [9.17, 15) is 0 Å². The highest BCUT2D eigenvalue weighted by atomic mass is 14.9. The van der Waals surface area contributed by atoms with E-state index in [1.165, 1.54) is 24.8 Å². The summed E-state index contributed by atoms with van der Waals surface area (Å²) < 4.78 is 2.31. The molecule has 0 unspecified atom stereocenters. The second-order valence-corrected chi connectivity index (χ2v) is 4.24. The molecule has 0 saturated heterocycles. The topological polar surface area (TPSA) is 3.88 Å². The molecule has 78 valence electrons. The van der Waals surface area contributed by atoms with Crippen LogP contribution in [0.1, 0.15) is 51.5 Å². The van der Waals surface area contributed by atoms with E-state index >= 15 is 0 Å². The maximum atomic E-state index is 2.31. The van der Waals surface area contributed by atoms with Gasteiger partial charge < -0.3 is 0 Å². The van der Waals surface area contributed by atoms with Gasteiger partial charge in [-0.3, -0.25) is 0 Å². The SMILES string of the molecule is CCCCC[n+]1cccc(C(C)C)c1. The average molecular weight is 192 g/mol. The van der Waals surface area contributed by atoms with Crippen molar-refractivity contribution in [3.63, 3.8) is 0 Å². The fourth-order valence-electron chi connectivity index (χ4n) is 1.57. The average Bonchev–Trinajstić information content (AvgIpc) is 2.19. The summed E-state index contributed by atoms with van der Waals surface area (Å²) in [4.78, 5) is 0. The van der Waals surface area contributed by atoms with Crippen molar-refractivity contribution >= 4 is 0 Å². The molecule has 1 nitrogen and oxygen atoms in total. The highest BCUT2D eigenvalue weighted by Gasteiger charge is 2.04. The molecule has 0 spiro atoms. The van der Waals surface area contributed by atoms with Gasteiger partial charge in [-0.1, -0.05) is 27.2 Å². The molecule has 0 saturated carbocycles. The number of unbranched alkanes of at least 4 members (excludes halogenated alkanes) is 2. The zero-order chi connectivity index (χ0) is 10.4. The van der Waals surface area contributed by atoms with Gasteiger partial charge in [-0.25, -0.2) is 4.57 Å². The molecule has 1 heterocycles. The summed E-state index contributed by atoms with van der Waals surface area (Å²) in [6.45, 7) is 7.89. The van der Waals surface area contributed by atoms with Gasteiger partial charge in [-0.05, 0) is 18.4 Å². The highest BCUT2D eigenvalue weighted by molar-refractivity contribution is 5.09. The van der Waals surface area contributed by atoms with E-state index in [0.717, 1.165) is 6.54 Å².